The Labute approximate surface area is 103 Å². The first-order chi connectivity index (χ1) is 7.53. The van der Waals surface area contributed by atoms with Crippen molar-refractivity contribution in [3.8, 4) is 5.75 Å². The molecule has 0 amide bonds. The Kier molecular flexibility index (Phi) is 3.20. The first-order valence-corrected chi connectivity index (χ1v) is 6.51. The van der Waals surface area contributed by atoms with Crippen LogP contribution in [0, 0.1) is 6.92 Å². The Morgan fingerprint density at radius 1 is 1.19 bits per heavy atom. The molecule has 1 aromatic carbocycles. The zero-order chi connectivity index (χ0) is 11.8. The number of phenols is 1. The molecule has 0 unspecified atom stereocenters. The topological polar surface area (TPSA) is 20.2 Å². The molecule has 0 bridgehead atoms. The summed E-state index contributed by atoms with van der Waals surface area (Å²) in [6, 6.07) is 4.05. The molecule has 2 rings (SSSR count). The molecule has 0 spiro atoms. The largest absolute Gasteiger partial charge is 0.506 e. The van der Waals surface area contributed by atoms with E-state index in [1.165, 1.54) is 37.7 Å². The van der Waals surface area contributed by atoms with Crippen molar-refractivity contribution in [3.05, 3.63) is 23.3 Å². The monoisotopic (exact) mass is 236 g/mol. The number of benzene rings is 1. The van der Waals surface area contributed by atoms with Crippen molar-refractivity contribution in [2.45, 2.75) is 56.3 Å². The van der Waals surface area contributed by atoms with Gasteiger partial charge in [0.05, 0.1) is 0 Å². The van der Waals surface area contributed by atoms with Crippen molar-refractivity contribution < 1.29 is 5.11 Å². The van der Waals surface area contributed by atoms with Gasteiger partial charge in [-0.1, -0.05) is 32.3 Å². The van der Waals surface area contributed by atoms with Crippen LogP contribution in [0.25, 0.3) is 0 Å². The molecule has 1 aromatic rings. The van der Waals surface area contributed by atoms with Gasteiger partial charge in [-0.15, -0.1) is 12.6 Å². The average molecular weight is 236 g/mol. The van der Waals surface area contributed by atoms with Gasteiger partial charge in [0, 0.05) is 10.5 Å². The summed E-state index contributed by atoms with van der Waals surface area (Å²) in [7, 11) is 0. The molecular weight excluding hydrogens is 216 g/mol. The minimum absolute atomic E-state index is 0.145. The molecule has 0 radical (unpaired) electrons. The van der Waals surface area contributed by atoms with E-state index in [9.17, 15) is 5.11 Å². The molecule has 0 aromatic heterocycles. The molecule has 1 saturated carbocycles. The first-order valence-electron chi connectivity index (χ1n) is 6.06. The van der Waals surface area contributed by atoms with Crippen LogP contribution in [0.4, 0.5) is 0 Å². The maximum Gasteiger partial charge on any atom is 0.132 e. The molecule has 0 heterocycles. The molecule has 2 heteroatoms. The number of phenolic OH excluding ortho intramolecular Hbond substituents is 1. The maximum atomic E-state index is 10.2. The van der Waals surface area contributed by atoms with Gasteiger partial charge in [0.25, 0.3) is 0 Å². The molecule has 1 nitrogen and oxygen atoms in total. The minimum atomic E-state index is 0.145. The van der Waals surface area contributed by atoms with Crippen LogP contribution >= 0.6 is 12.6 Å². The number of aryl methyl sites for hydroxylation is 1. The Morgan fingerprint density at radius 3 is 2.44 bits per heavy atom. The number of aromatic hydroxyl groups is 1. The molecular formula is C14H20OS. The normalized spacial score (nSPS) is 19.7. The number of rotatable bonds is 1. The van der Waals surface area contributed by atoms with Crippen LogP contribution in [-0.4, -0.2) is 5.11 Å². The fourth-order valence-electron chi connectivity index (χ4n) is 2.82. The minimum Gasteiger partial charge on any atom is -0.506 e. The number of thiol groups is 1. The average Bonchev–Trinajstić information content (AvgIpc) is 2.24. The van der Waals surface area contributed by atoms with Crippen LogP contribution in [0.5, 0.6) is 5.75 Å². The second-order valence-corrected chi connectivity index (χ2v) is 5.78. The van der Waals surface area contributed by atoms with Gasteiger partial charge in [0.2, 0.25) is 0 Å². The lowest BCUT2D eigenvalue weighted by Crippen LogP contribution is -2.25. The van der Waals surface area contributed by atoms with Crippen LogP contribution in [-0.2, 0) is 5.41 Å². The Balaban J connectivity index is 2.45. The molecule has 0 aliphatic heterocycles. The highest BCUT2D eigenvalue weighted by Gasteiger charge is 2.31. The summed E-state index contributed by atoms with van der Waals surface area (Å²) in [6.07, 6.45) is 6.22. The lowest BCUT2D eigenvalue weighted by molar-refractivity contribution is 0.306. The molecule has 1 N–H and O–H groups in total. The summed E-state index contributed by atoms with van der Waals surface area (Å²) in [4.78, 5) is 0.710. The van der Waals surface area contributed by atoms with Crippen LogP contribution in [0.3, 0.4) is 0 Å². The highest BCUT2D eigenvalue weighted by molar-refractivity contribution is 7.80. The van der Waals surface area contributed by atoms with Gasteiger partial charge < -0.3 is 5.11 Å². The molecule has 88 valence electrons. The predicted molar refractivity (Wildman–Crippen MR) is 70.5 cm³/mol. The third-order valence-corrected chi connectivity index (χ3v) is 4.18. The van der Waals surface area contributed by atoms with E-state index in [0.29, 0.717) is 10.6 Å². The second-order valence-electron chi connectivity index (χ2n) is 5.30. The Hall–Kier alpha value is -0.630. The van der Waals surface area contributed by atoms with Crippen LogP contribution in [0.2, 0.25) is 0 Å². The maximum absolute atomic E-state index is 10.2. The van der Waals surface area contributed by atoms with Crippen molar-refractivity contribution in [3.63, 3.8) is 0 Å². The highest BCUT2D eigenvalue weighted by Crippen LogP contribution is 2.44. The van der Waals surface area contributed by atoms with Gasteiger partial charge in [0.1, 0.15) is 5.75 Å². The van der Waals surface area contributed by atoms with Gasteiger partial charge in [-0.3, -0.25) is 0 Å². The molecule has 1 fully saturated rings. The fourth-order valence-corrected chi connectivity index (χ4v) is 3.15. The van der Waals surface area contributed by atoms with E-state index < -0.39 is 0 Å². The molecule has 1 aliphatic rings. The van der Waals surface area contributed by atoms with Crippen LogP contribution < -0.4 is 0 Å². The Bertz CT molecular complexity index is 392. The van der Waals surface area contributed by atoms with Crippen molar-refractivity contribution in [1.29, 1.82) is 0 Å². The van der Waals surface area contributed by atoms with Crippen molar-refractivity contribution in [1.82, 2.24) is 0 Å². The molecule has 16 heavy (non-hydrogen) atoms. The van der Waals surface area contributed by atoms with Crippen molar-refractivity contribution in [2.24, 2.45) is 0 Å². The molecule has 0 saturated heterocycles. The lowest BCUT2D eigenvalue weighted by atomic mass is 9.70. The van der Waals surface area contributed by atoms with Gasteiger partial charge in [0.15, 0.2) is 0 Å². The van der Waals surface area contributed by atoms with E-state index in [0.717, 1.165) is 5.56 Å². The lowest BCUT2D eigenvalue weighted by Gasteiger charge is -2.35. The van der Waals surface area contributed by atoms with Crippen molar-refractivity contribution >= 4 is 12.6 Å². The summed E-state index contributed by atoms with van der Waals surface area (Å²) in [6.45, 7) is 4.34. The SMILES string of the molecule is Cc1cc(S)c(O)c(C2(C)CCCCC2)c1. The van der Waals surface area contributed by atoms with E-state index in [1.54, 1.807) is 0 Å². The van der Waals surface area contributed by atoms with E-state index in [-0.39, 0.29) is 5.41 Å². The summed E-state index contributed by atoms with van der Waals surface area (Å²) < 4.78 is 0. The van der Waals surface area contributed by atoms with E-state index in [2.05, 4.69) is 32.5 Å². The molecule has 1 aliphatic carbocycles. The number of hydrogen-bond acceptors (Lipinski definition) is 2. The van der Waals surface area contributed by atoms with E-state index in [4.69, 9.17) is 0 Å². The molecule has 0 atom stereocenters. The zero-order valence-corrected chi connectivity index (χ0v) is 11.0. The zero-order valence-electron chi connectivity index (χ0n) is 10.1. The predicted octanol–water partition coefficient (Wildman–Crippen LogP) is 4.21. The number of hydrogen-bond donors (Lipinski definition) is 2. The smallest absolute Gasteiger partial charge is 0.132 e. The third-order valence-electron chi connectivity index (χ3n) is 3.84. The van der Waals surface area contributed by atoms with Gasteiger partial charge >= 0.3 is 0 Å². The second kappa shape index (κ2) is 4.33. The van der Waals surface area contributed by atoms with Crippen molar-refractivity contribution in [2.75, 3.05) is 0 Å². The van der Waals surface area contributed by atoms with Gasteiger partial charge in [-0.05, 0) is 36.8 Å². The fraction of sp³-hybridized carbons (Fsp3) is 0.571. The summed E-state index contributed by atoms with van der Waals surface area (Å²) >= 11 is 4.34. The van der Waals surface area contributed by atoms with Gasteiger partial charge in [-0.2, -0.15) is 0 Å². The third kappa shape index (κ3) is 2.08. The summed E-state index contributed by atoms with van der Waals surface area (Å²) in [5.74, 6) is 0.387. The quantitative estimate of drug-likeness (QED) is 0.700. The first kappa shape index (κ1) is 11.8. The van der Waals surface area contributed by atoms with Gasteiger partial charge in [-0.25, -0.2) is 0 Å². The standard InChI is InChI=1S/C14H20OS/c1-10-8-11(13(15)12(16)9-10)14(2)6-4-3-5-7-14/h8-9,15-16H,3-7H2,1-2H3. The summed E-state index contributed by atoms with van der Waals surface area (Å²) in [5.41, 5.74) is 2.42. The van der Waals surface area contributed by atoms with Crippen LogP contribution in [0.15, 0.2) is 17.0 Å². The van der Waals surface area contributed by atoms with E-state index >= 15 is 0 Å². The van der Waals surface area contributed by atoms with E-state index in [1.807, 2.05) is 6.07 Å². The van der Waals surface area contributed by atoms with Crippen LogP contribution in [0.1, 0.15) is 50.2 Å². The highest BCUT2D eigenvalue weighted by atomic mass is 32.1. The Morgan fingerprint density at radius 2 is 1.81 bits per heavy atom. The summed E-state index contributed by atoms with van der Waals surface area (Å²) in [5, 5.41) is 10.2.